The lowest BCUT2D eigenvalue weighted by molar-refractivity contribution is -0.136. The summed E-state index contributed by atoms with van der Waals surface area (Å²) in [6.45, 7) is 3.67. The second-order valence-corrected chi connectivity index (χ2v) is 7.81. The van der Waals surface area contributed by atoms with Crippen molar-refractivity contribution in [1.29, 1.82) is 0 Å². The Bertz CT molecular complexity index is 736. The van der Waals surface area contributed by atoms with Crippen LogP contribution in [0.1, 0.15) is 38.2 Å². The minimum atomic E-state index is -0.831. The number of carbonyl (C=O) groups excluding carboxylic acids is 3. The average molecular weight is 408 g/mol. The van der Waals surface area contributed by atoms with Crippen molar-refractivity contribution in [2.24, 2.45) is 5.92 Å². The summed E-state index contributed by atoms with van der Waals surface area (Å²) in [6, 6.07) is 4.99. The number of rotatable bonds is 3. The molecule has 1 aromatic rings. The minimum absolute atomic E-state index is 0.0822. The molecule has 1 spiro atoms. The number of aryl methyl sites for hydroxylation is 1. The number of amides is 4. The second-order valence-electron chi connectivity index (χ2n) is 6.95. The molecule has 1 aliphatic carbocycles. The van der Waals surface area contributed by atoms with Crippen LogP contribution >= 0.6 is 15.9 Å². The first kappa shape index (κ1) is 17.9. The van der Waals surface area contributed by atoms with Gasteiger partial charge in [0, 0.05) is 10.2 Å². The van der Waals surface area contributed by atoms with Gasteiger partial charge in [-0.15, -0.1) is 0 Å². The Hall–Kier alpha value is -1.89. The fraction of sp³-hybridized carbons (Fsp3) is 0.500. The predicted octanol–water partition coefficient (Wildman–Crippen LogP) is 3.20. The third kappa shape index (κ3) is 3.29. The molecule has 2 atom stereocenters. The number of hydrogen-bond acceptors (Lipinski definition) is 3. The van der Waals surface area contributed by atoms with E-state index in [0.717, 1.165) is 34.2 Å². The van der Waals surface area contributed by atoms with E-state index < -0.39 is 11.6 Å². The third-order valence-electron chi connectivity index (χ3n) is 5.26. The van der Waals surface area contributed by atoms with Crippen LogP contribution in [0.2, 0.25) is 0 Å². The molecule has 7 heteroatoms. The highest BCUT2D eigenvalue weighted by Gasteiger charge is 2.55. The largest absolute Gasteiger partial charge is 0.325 e. The summed E-state index contributed by atoms with van der Waals surface area (Å²) in [5.74, 6) is -0.580. The molecule has 1 saturated heterocycles. The van der Waals surface area contributed by atoms with Crippen LogP contribution in [-0.4, -0.2) is 34.8 Å². The van der Waals surface area contributed by atoms with E-state index in [4.69, 9.17) is 0 Å². The van der Waals surface area contributed by atoms with Crippen LogP contribution in [0.4, 0.5) is 10.5 Å². The van der Waals surface area contributed by atoms with Crippen LogP contribution in [0.5, 0.6) is 0 Å². The molecule has 6 nitrogen and oxygen atoms in total. The second kappa shape index (κ2) is 6.78. The van der Waals surface area contributed by atoms with E-state index >= 15 is 0 Å². The van der Waals surface area contributed by atoms with E-state index in [-0.39, 0.29) is 24.3 Å². The summed E-state index contributed by atoms with van der Waals surface area (Å²) in [5.41, 5.74) is 0.846. The fourth-order valence-corrected chi connectivity index (χ4v) is 4.03. The number of halogens is 1. The van der Waals surface area contributed by atoms with Crippen LogP contribution in [0, 0.1) is 12.8 Å². The van der Waals surface area contributed by atoms with Gasteiger partial charge in [0.2, 0.25) is 5.91 Å². The quantitative estimate of drug-likeness (QED) is 0.755. The van der Waals surface area contributed by atoms with Crippen LogP contribution in [-0.2, 0) is 9.59 Å². The van der Waals surface area contributed by atoms with Gasteiger partial charge in [-0.1, -0.05) is 41.8 Å². The first-order valence-electron chi connectivity index (χ1n) is 8.53. The zero-order chi connectivity index (χ0) is 18.2. The highest BCUT2D eigenvalue weighted by atomic mass is 79.9. The summed E-state index contributed by atoms with van der Waals surface area (Å²) in [4.78, 5) is 38.5. The number of nitrogens with zero attached hydrogens (tertiary/aromatic N) is 1. The molecule has 1 saturated carbocycles. The predicted molar refractivity (Wildman–Crippen MR) is 98.1 cm³/mol. The molecule has 2 aliphatic rings. The number of hydrogen-bond donors (Lipinski definition) is 2. The van der Waals surface area contributed by atoms with Crippen LogP contribution in [0.15, 0.2) is 22.7 Å². The van der Waals surface area contributed by atoms with Gasteiger partial charge in [-0.3, -0.25) is 14.5 Å². The van der Waals surface area contributed by atoms with Gasteiger partial charge in [0.15, 0.2) is 0 Å². The maximum absolute atomic E-state index is 12.8. The van der Waals surface area contributed by atoms with Crippen molar-refractivity contribution in [3.63, 3.8) is 0 Å². The molecule has 0 aromatic heterocycles. The van der Waals surface area contributed by atoms with Crippen molar-refractivity contribution in [3.8, 4) is 0 Å². The van der Waals surface area contributed by atoms with Crippen molar-refractivity contribution < 1.29 is 14.4 Å². The smallest absolute Gasteiger partial charge is 0.324 e. The van der Waals surface area contributed by atoms with Crippen LogP contribution in [0.25, 0.3) is 0 Å². The molecule has 2 unspecified atom stereocenters. The van der Waals surface area contributed by atoms with Crippen molar-refractivity contribution in [1.82, 2.24) is 10.2 Å². The Morgan fingerprint density at radius 2 is 2.16 bits per heavy atom. The SMILES string of the molecule is Cc1ccc(NC(=O)CN2C(=O)NC3(CCCCC3C)C2=O)cc1Br. The van der Waals surface area contributed by atoms with Crippen LogP contribution in [0.3, 0.4) is 0 Å². The number of urea groups is 1. The third-order valence-corrected chi connectivity index (χ3v) is 6.11. The Labute approximate surface area is 155 Å². The van der Waals surface area contributed by atoms with Gasteiger partial charge >= 0.3 is 6.03 Å². The van der Waals surface area contributed by atoms with Gasteiger partial charge in [-0.05, 0) is 43.4 Å². The number of imide groups is 1. The highest BCUT2D eigenvalue weighted by molar-refractivity contribution is 9.10. The zero-order valence-corrected chi connectivity index (χ0v) is 16.0. The molecule has 0 radical (unpaired) electrons. The lowest BCUT2D eigenvalue weighted by atomic mass is 9.73. The Morgan fingerprint density at radius 1 is 1.40 bits per heavy atom. The van der Waals surface area contributed by atoms with E-state index in [1.54, 1.807) is 12.1 Å². The molecule has 4 amide bonds. The highest BCUT2D eigenvalue weighted by Crippen LogP contribution is 2.38. The summed E-state index contributed by atoms with van der Waals surface area (Å²) < 4.78 is 0.885. The van der Waals surface area contributed by atoms with E-state index in [9.17, 15) is 14.4 Å². The Kier molecular flexibility index (Phi) is 4.86. The van der Waals surface area contributed by atoms with E-state index in [0.29, 0.717) is 12.1 Å². The molecule has 0 bridgehead atoms. The molecular weight excluding hydrogens is 386 g/mol. The van der Waals surface area contributed by atoms with E-state index in [1.165, 1.54) is 0 Å². The standard InChI is InChI=1S/C18H22BrN3O3/c1-11-6-7-13(9-14(11)19)20-15(23)10-22-16(24)18(21-17(22)25)8-4-3-5-12(18)2/h6-7,9,12H,3-5,8,10H2,1-2H3,(H,20,23)(H,21,25). The number of carbonyl (C=O) groups is 3. The molecule has 1 aliphatic heterocycles. The van der Waals surface area contributed by atoms with Crippen LogP contribution < -0.4 is 10.6 Å². The normalized spacial score (nSPS) is 26.0. The van der Waals surface area contributed by atoms with Crippen molar-refractivity contribution in [2.45, 2.75) is 45.1 Å². The van der Waals surface area contributed by atoms with Gasteiger partial charge in [0.1, 0.15) is 12.1 Å². The monoisotopic (exact) mass is 407 g/mol. The first-order chi connectivity index (χ1) is 11.8. The topological polar surface area (TPSA) is 78.5 Å². The molecule has 2 fully saturated rings. The zero-order valence-electron chi connectivity index (χ0n) is 14.4. The number of benzene rings is 1. The molecular formula is C18H22BrN3O3. The molecule has 134 valence electrons. The lowest BCUT2D eigenvalue weighted by Gasteiger charge is -2.36. The number of anilines is 1. The molecule has 25 heavy (non-hydrogen) atoms. The van der Waals surface area contributed by atoms with Crippen molar-refractivity contribution in [2.75, 3.05) is 11.9 Å². The molecule has 3 rings (SSSR count). The van der Waals surface area contributed by atoms with Gasteiger partial charge in [-0.25, -0.2) is 4.79 Å². The average Bonchev–Trinajstić information content (AvgIpc) is 2.79. The Morgan fingerprint density at radius 3 is 2.84 bits per heavy atom. The minimum Gasteiger partial charge on any atom is -0.324 e. The van der Waals surface area contributed by atoms with Gasteiger partial charge in [0.05, 0.1) is 0 Å². The van der Waals surface area contributed by atoms with Crippen molar-refractivity contribution in [3.05, 3.63) is 28.2 Å². The summed E-state index contributed by atoms with van der Waals surface area (Å²) >= 11 is 3.42. The molecule has 2 N–H and O–H groups in total. The molecule has 1 aromatic carbocycles. The van der Waals surface area contributed by atoms with E-state index in [2.05, 4.69) is 26.6 Å². The fourth-order valence-electron chi connectivity index (χ4n) is 3.65. The van der Waals surface area contributed by atoms with Gasteiger partial charge in [-0.2, -0.15) is 0 Å². The summed E-state index contributed by atoms with van der Waals surface area (Å²) in [5, 5.41) is 5.59. The van der Waals surface area contributed by atoms with E-state index in [1.807, 2.05) is 19.9 Å². The molecule has 1 heterocycles. The van der Waals surface area contributed by atoms with Gasteiger partial charge in [0.25, 0.3) is 5.91 Å². The maximum Gasteiger partial charge on any atom is 0.325 e. The Balaban J connectivity index is 1.69. The van der Waals surface area contributed by atoms with Gasteiger partial charge < -0.3 is 10.6 Å². The first-order valence-corrected chi connectivity index (χ1v) is 9.33. The summed E-state index contributed by atoms with van der Waals surface area (Å²) in [7, 11) is 0. The van der Waals surface area contributed by atoms with Crippen molar-refractivity contribution >= 4 is 39.5 Å². The lowest BCUT2D eigenvalue weighted by Crippen LogP contribution is -2.54. The summed E-state index contributed by atoms with van der Waals surface area (Å²) in [6.07, 6.45) is 3.52. The number of nitrogens with one attached hydrogen (secondary N) is 2. The maximum atomic E-state index is 12.8.